The van der Waals surface area contributed by atoms with Gasteiger partial charge < -0.3 is 15.1 Å². The first-order valence-corrected chi connectivity index (χ1v) is 13.1. The molecule has 2 unspecified atom stereocenters. The van der Waals surface area contributed by atoms with E-state index >= 15 is 0 Å². The molecular formula is C31H30FN5O3. The van der Waals surface area contributed by atoms with E-state index in [2.05, 4.69) is 11.2 Å². The predicted octanol–water partition coefficient (Wildman–Crippen LogP) is 3.18. The van der Waals surface area contributed by atoms with Gasteiger partial charge in [-0.3, -0.25) is 9.59 Å². The third-order valence-electron chi connectivity index (χ3n) is 7.19. The van der Waals surface area contributed by atoms with Gasteiger partial charge in [-0.2, -0.15) is 5.01 Å². The Hall–Kier alpha value is -4.68. The molecule has 0 aliphatic carbocycles. The van der Waals surface area contributed by atoms with E-state index in [0.29, 0.717) is 18.5 Å². The van der Waals surface area contributed by atoms with Crippen LogP contribution in [0.4, 0.5) is 9.18 Å². The normalized spacial score (nSPS) is 19.2. The molecule has 9 heteroatoms. The second-order valence-corrected chi connectivity index (χ2v) is 9.77. The van der Waals surface area contributed by atoms with E-state index in [1.165, 1.54) is 22.0 Å². The number of halogens is 1. The zero-order valence-corrected chi connectivity index (χ0v) is 21.9. The second kappa shape index (κ2) is 12.0. The van der Waals surface area contributed by atoms with Crippen LogP contribution in [0.15, 0.2) is 84.9 Å². The van der Waals surface area contributed by atoms with E-state index in [-0.39, 0.29) is 43.8 Å². The van der Waals surface area contributed by atoms with Crippen LogP contribution in [0.1, 0.15) is 22.7 Å². The van der Waals surface area contributed by atoms with Crippen molar-refractivity contribution in [3.8, 4) is 12.3 Å². The number of fused-ring (bicyclic) bond motifs is 1. The van der Waals surface area contributed by atoms with Crippen LogP contribution in [0.3, 0.4) is 0 Å². The summed E-state index contributed by atoms with van der Waals surface area (Å²) < 4.78 is 13.4. The molecule has 40 heavy (non-hydrogen) atoms. The standard InChI is InChI=1S/C31H30FN5O3/c1-2-18-35-22-28(38)36-27(37(35)31(40)33-20-24-9-5-3-6-10-24)21-34(19-17-23-13-15-26(32)16-14-23)30(39)29(36)25-11-7-4-8-12-25/h1,3-16,27,29H,17-22H2,(H,33,40). The van der Waals surface area contributed by atoms with Gasteiger partial charge in [0.1, 0.15) is 18.0 Å². The number of nitrogens with one attached hydrogen (secondary N) is 1. The molecule has 0 spiro atoms. The lowest BCUT2D eigenvalue weighted by Gasteiger charge is -2.55. The van der Waals surface area contributed by atoms with E-state index in [1.54, 1.807) is 22.0 Å². The Morgan fingerprint density at radius 1 is 0.950 bits per heavy atom. The van der Waals surface area contributed by atoms with Gasteiger partial charge in [0.2, 0.25) is 11.8 Å². The van der Waals surface area contributed by atoms with Crippen LogP contribution in [0, 0.1) is 18.2 Å². The fourth-order valence-corrected chi connectivity index (χ4v) is 5.26. The third kappa shape index (κ3) is 5.67. The van der Waals surface area contributed by atoms with Gasteiger partial charge in [0.15, 0.2) is 0 Å². The Balaban J connectivity index is 1.47. The van der Waals surface area contributed by atoms with Crippen molar-refractivity contribution in [1.82, 2.24) is 25.1 Å². The lowest BCUT2D eigenvalue weighted by Crippen LogP contribution is -2.74. The zero-order valence-electron chi connectivity index (χ0n) is 21.9. The molecule has 3 aromatic carbocycles. The molecule has 2 heterocycles. The monoisotopic (exact) mass is 539 g/mol. The molecule has 2 aliphatic heterocycles. The summed E-state index contributed by atoms with van der Waals surface area (Å²) in [5, 5.41) is 5.99. The van der Waals surface area contributed by atoms with Gasteiger partial charge in [-0.05, 0) is 35.2 Å². The third-order valence-corrected chi connectivity index (χ3v) is 7.19. The van der Waals surface area contributed by atoms with Gasteiger partial charge in [-0.25, -0.2) is 14.2 Å². The van der Waals surface area contributed by atoms with Crippen molar-refractivity contribution in [2.75, 3.05) is 26.2 Å². The number of terminal acetylenes is 1. The first-order chi connectivity index (χ1) is 19.5. The van der Waals surface area contributed by atoms with Crippen molar-refractivity contribution in [1.29, 1.82) is 0 Å². The molecule has 0 bridgehead atoms. The first kappa shape index (κ1) is 26.9. The molecule has 1 N–H and O–H groups in total. The topological polar surface area (TPSA) is 76.2 Å². The lowest BCUT2D eigenvalue weighted by atomic mass is 9.98. The molecule has 0 radical (unpaired) electrons. The number of carbonyl (C=O) groups excluding carboxylic acids is 3. The van der Waals surface area contributed by atoms with Crippen LogP contribution < -0.4 is 5.32 Å². The highest BCUT2D eigenvalue weighted by Gasteiger charge is 2.51. The molecule has 0 saturated carbocycles. The minimum absolute atomic E-state index is 0.0500. The summed E-state index contributed by atoms with van der Waals surface area (Å²) in [4.78, 5) is 44.3. The van der Waals surface area contributed by atoms with Crippen LogP contribution in [0.5, 0.6) is 0 Å². The van der Waals surface area contributed by atoms with Crippen molar-refractivity contribution in [3.05, 3.63) is 107 Å². The molecule has 4 amide bonds. The fourth-order valence-electron chi connectivity index (χ4n) is 5.26. The number of hydrogen-bond donors (Lipinski definition) is 1. The van der Waals surface area contributed by atoms with Crippen molar-refractivity contribution in [2.45, 2.75) is 25.2 Å². The number of benzene rings is 3. The summed E-state index contributed by atoms with van der Waals surface area (Å²) in [5.41, 5.74) is 2.46. The summed E-state index contributed by atoms with van der Waals surface area (Å²) in [6.07, 6.45) is 5.34. The Bertz CT molecular complexity index is 1390. The van der Waals surface area contributed by atoms with E-state index in [9.17, 15) is 18.8 Å². The van der Waals surface area contributed by atoms with Crippen LogP contribution in [0.2, 0.25) is 0 Å². The maximum absolute atomic E-state index is 13.9. The molecule has 8 nitrogen and oxygen atoms in total. The minimum Gasteiger partial charge on any atom is -0.336 e. The van der Waals surface area contributed by atoms with Crippen LogP contribution in [-0.2, 0) is 22.6 Å². The maximum atomic E-state index is 13.9. The summed E-state index contributed by atoms with van der Waals surface area (Å²) in [5.74, 6) is 1.71. The Labute approximate surface area is 232 Å². The van der Waals surface area contributed by atoms with Crippen molar-refractivity contribution in [3.63, 3.8) is 0 Å². The van der Waals surface area contributed by atoms with E-state index in [4.69, 9.17) is 6.42 Å². The number of urea groups is 1. The first-order valence-electron chi connectivity index (χ1n) is 13.1. The highest BCUT2D eigenvalue weighted by molar-refractivity contribution is 5.92. The smallest absolute Gasteiger partial charge is 0.334 e. The molecule has 2 atom stereocenters. The van der Waals surface area contributed by atoms with Gasteiger partial charge in [0.05, 0.1) is 19.6 Å². The summed E-state index contributed by atoms with van der Waals surface area (Å²) in [6.45, 7) is 0.645. The fraction of sp³-hybridized carbons (Fsp3) is 0.258. The molecular weight excluding hydrogens is 509 g/mol. The van der Waals surface area contributed by atoms with E-state index in [1.807, 2.05) is 60.7 Å². The number of carbonyl (C=O) groups is 3. The van der Waals surface area contributed by atoms with Gasteiger partial charge in [0, 0.05) is 13.1 Å². The number of amides is 4. The van der Waals surface area contributed by atoms with Crippen LogP contribution in [-0.4, -0.2) is 70.0 Å². The Kier molecular flexibility index (Phi) is 8.08. The van der Waals surface area contributed by atoms with Crippen molar-refractivity contribution < 1.29 is 18.8 Å². The van der Waals surface area contributed by atoms with E-state index in [0.717, 1.165) is 11.1 Å². The molecule has 0 aromatic heterocycles. The number of rotatable bonds is 7. The van der Waals surface area contributed by atoms with Gasteiger partial charge in [0.25, 0.3) is 0 Å². The minimum atomic E-state index is -0.905. The van der Waals surface area contributed by atoms with Crippen molar-refractivity contribution >= 4 is 17.8 Å². The molecule has 2 aliphatic rings. The van der Waals surface area contributed by atoms with E-state index < -0.39 is 18.2 Å². The average Bonchev–Trinajstić information content (AvgIpc) is 2.97. The summed E-state index contributed by atoms with van der Waals surface area (Å²) in [7, 11) is 0. The summed E-state index contributed by atoms with van der Waals surface area (Å²) in [6, 6.07) is 23.4. The Morgan fingerprint density at radius 2 is 1.62 bits per heavy atom. The van der Waals surface area contributed by atoms with Gasteiger partial charge in [-0.15, -0.1) is 6.42 Å². The lowest BCUT2D eigenvalue weighted by molar-refractivity contribution is -0.189. The Morgan fingerprint density at radius 3 is 2.30 bits per heavy atom. The quantitative estimate of drug-likeness (QED) is 0.468. The molecule has 5 rings (SSSR count). The van der Waals surface area contributed by atoms with Crippen molar-refractivity contribution in [2.24, 2.45) is 0 Å². The van der Waals surface area contributed by atoms with Crippen LogP contribution >= 0.6 is 0 Å². The molecule has 2 fully saturated rings. The number of piperazine rings is 1. The highest BCUT2D eigenvalue weighted by atomic mass is 19.1. The molecule has 204 valence electrons. The molecule has 2 saturated heterocycles. The largest absolute Gasteiger partial charge is 0.336 e. The van der Waals surface area contributed by atoms with Gasteiger partial charge in [-0.1, -0.05) is 78.7 Å². The average molecular weight is 540 g/mol. The number of nitrogens with zero attached hydrogens (tertiary/aromatic N) is 4. The summed E-state index contributed by atoms with van der Waals surface area (Å²) >= 11 is 0. The highest BCUT2D eigenvalue weighted by Crippen LogP contribution is 2.34. The second-order valence-electron chi connectivity index (χ2n) is 9.77. The van der Waals surface area contributed by atoms with Gasteiger partial charge >= 0.3 is 6.03 Å². The number of hydrogen-bond acceptors (Lipinski definition) is 4. The number of hydrazine groups is 1. The maximum Gasteiger partial charge on any atom is 0.334 e. The van der Waals surface area contributed by atoms with Crippen LogP contribution in [0.25, 0.3) is 0 Å². The SMILES string of the molecule is C#CCN1CC(=O)N2C(c3ccccc3)C(=O)N(CCc3ccc(F)cc3)CC2N1C(=O)NCc1ccccc1. The predicted molar refractivity (Wildman–Crippen MR) is 147 cm³/mol. The molecule has 3 aromatic rings. The zero-order chi connectivity index (χ0) is 28.1.